The molecule has 0 unspecified atom stereocenters. The number of phosphoric acid groups is 1. The van der Waals surface area contributed by atoms with E-state index in [0.717, 1.165) is 150 Å². The average Bonchev–Trinajstić information content (AvgIpc) is 0.767. The fourth-order valence-corrected chi connectivity index (χ4v) is 14.5. The van der Waals surface area contributed by atoms with Gasteiger partial charge in [-0.3, -0.25) is 40.8 Å². The van der Waals surface area contributed by atoms with Crippen LogP contribution in [0.25, 0.3) is 18.2 Å². The van der Waals surface area contributed by atoms with Crippen molar-refractivity contribution >= 4 is 96.1 Å². The molecule has 0 aliphatic heterocycles. The van der Waals surface area contributed by atoms with Crippen LogP contribution in [0.4, 0.5) is 5.69 Å². The van der Waals surface area contributed by atoms with Crippen molar-refractivity contribution in [3.63, 3.8) is 0 Å². The summed E-state index contributed by atoms with van der Waals surface area (Å²) < 4.78 is 61.1. The van der Waals surface area contributed by atoms with Crippen molar-refractivity contribution in [3.05, 3.63) is 235 Å². The van der Waals surface area contributed by atoms with Crippen LogP contribution >= 0.6 is 48.9 Å². The minimum atomic E-state index is -3.51. The van der Waals surface area contributed by atoms with Gasteiger partial charge >= 0.3 is 50.3 Å². The first-order valence-corrected chi connectivity index (χ1v) is 40.6. The number of hydrogen-bond donors (Lipinski definition) is 4. The number of ketones is 3. The second-order valence-corrected chi connectivity index (χ2v) is 29.7. The van der Waals surface area contributed by atoms with Crippen LogP contribution in [0, 0.1) is 13.8 Å². The number of nitrogen functional groups attached to an aromatic ring is 1. The molecule has 23 heteroatoms. The molecule has 0 saturated carbocycles. The number of phosphoric ester groups is 1. The second-order valence-electron chi connectivity index (χ2n) is 24.5. The number of hydrogen-bond acceptors (Lipinski definition) is 17. The fourth-order valence-electron chi connectivity index (χ4n) is 12.0. The topological polar surface area (TPSA) is 276 Å². The Hall–Kier alpha value is -6.52. The van der Waals surface area contributed by atoms with E-state index in [-0.39, 0.29) is 66.2 Å². The first-order chi connectivity index (χ1) is 50.1. The van der Waals surface area contributed by atoms with Crippen molar-refractivity contribution in [2.45, 2.75) is 157 Å². The zero-order valence-electron chi connectivity index (χ0n) is 63.1. The predicted octanol–water partition coefficient (Wildman–Crippen LogP) is 17.9. The van der Waals surface area contributed by atoms with Crippen LogP contribution in [-0.4, -0.2) is 86.7 Å². The molecule has 6 aliphatic rings. The summed E-state index contributed by atoms with van der Waals surface area (Å²) >= 11 is 7.29. The normalized spacial score (nSPS) is 13.5. The number of nitrogens with one attached hydrogen (secondary N) is 1. The maximum Gasteiger partial charge on any atom is 1.00 e. The van der Waals surface area contributed by atoms with Crippen LogP contribution < -0.4 is 52.8 Å². The van der Waals surface area contributed by atoms with E-state index in [1.54, 1.807) is 48.0 Å². The maximum atomic E-state index is 12.4. The quantitative estimate of drug-likeness (QED) is 0.0230. The van der Waals surface area contributed by atoms with E-state index in [1.807, 2.05) is 134 Å². The van der Waals surface area contributed by atoms with E-state index < -0.39 is 20.7 Å². The third kappa shape index (κ3) is 32.3. The number of halogens is 2. The zero-order valence-corrected chi connectivity index (χ0v) is 69.8. The maximum absolute atomic E-state index is 12.4. The molecule has 0 radical (unpaired) electrons. The van der Waals surface area contributed by atoms with Crippen molar-refractivity contribution in [1.29, 1.82) is 0 Å². The number of aryl methyl sites for hydroxylation is 5. The number of methoxy groups -OCH3 is 2. The van der Waals surface area contributed by atoms with Gasteiger partial charge in [0.1, 0.15) is 23.0 Å². The first-order valence-electron chi connectivity index (χ1n) is 35.6. The average molecular weight is 1630 g/mol. The van der Waals surface area contributed by atoms with Gasteiger partial charge in [-0.2, -0.15) is 0 Å². The summed E-state index contributed by atoms with van der Waals surface area (Å²) in [7, 11) is 1.62. The van der Waals surface area contributed by atoms with E-state index in [0.29, 0.717) is 49.8 Å². The summed E-state index contributed by atoms with van der Waals surface area (Å²) in [4.78, 5) is 44.7. The molecule has 7 aromatic rings. The van der Waals surface area contributed by atoms with Gasteiger partial charge in [0, 0.05) is 98.9 Å². The number of carboxylic acids is 1. The molecule has 0 spiro atoms. The van der Waals surface area contributed by atoms with E-state index in [4.69, 9.17) is 45.1 Å². The number of benzene rings is 7. The Bertz CT molecular complexity index is 4000. The minimum Gasteiger partial charge on any atom is -0.870 e. The van der Waals surface area contributed by atoms with E-state index in [9.17, 15) is 33.4 Å². The number of carboxylic acid groups (broad SMARTS) is 1. The molecular weight excluding hydrogens is 1530 g/mol. The minimum absolute atomic E-state index is 0. The van der Waals surface area contributed by atoms with Crippen molar-refractivity contribution in [3.8, 4) is 23.0 Å². The molecule has 0 amide bonds. The smallest absolute Gasteiger partial charge is 0.870 e. The van der Waals surface area contributed by atoms with Crippen molar-refractivity contribution in [1.82, 2.24) is 3.53 Å². The Morgan fingerprint density at radius 2 is 1.03 bits per heavy atom. The molecule has 0 heterocycles. The van der Waals surface area contributed by atoms with Gasteiger partial charge in [-0.05, 0) is 232 Å². The van der Waals surface area contributed by atoms with Crippen LogP contribution in [0.5, 0.6) is 23.0 Å². The summed E-state index contributed by atoms with van der Waals surface area (Å²) in [6, 6.07) is 43.0. The Morgan fingerprint density at radius 1 is 0.557 bits per heavy atom. The van der Waals surface area contributed by atoms with Crippen molar-refractivity contribution < 1.29 is 106 Å². The van der Waals surface area contributed by atoms with Gasteiger partial charge in [0.15, 0.2) is 17.3 Å². The van der Waals surface area contributed by atoms with Crippen LogP contribution in [0.2, 0.25) is 0 Å². The van der Waals surface area contributed by atoms with Gasteiger partial charge in [0.2, 0.25) is 0 Å². The number of allylic oxidation sites excluding steroid dienone is 3. The summed E-state index contributed by atoms with van der Waals surface area (Å²) in [5, 5.41) is 17.8. The van der Waals surface area contributed by atoms with E-state index >= 15 is 0 Å². The number of anilines is 1. The Balaban J connectivity index is 0.000000314. The molecule has 568 valence electrons. The number of carbonyl (C=O) groups excluding carboxylic acids is 3. The van der Waals surface area contributed by atoms with Crippen LogP contribution in [0.15, 0.2) is 152 Å². The Kier molecular flexibility index (Phi) is 45.1. The molecule has 13 rings (SSSR count). The molecule has 0 fully saturated rings. The summed E-state index contributed by atoms with van der Waals surface area (Å²) in [6.07, 6.45) is 29.0. The number of Topliss-reactive ketones (excluding diaryl/α,β-unsaturated/α-hetero) is 3. The number of phenolic OH excluding ortho intramolecular Hbond substituents is 1. The largest absolute Gasteiger partial charge is 1.00 e. The molecule has 0 bridgehead atoms. The number of aliphatic carboxylic acids is 1. The number of fused-ring (bicyclic) bond motifs is 6. The van der Waals surface area contributed by atoms with E-state index in [1.165, 1.54) is 40.7 Å². The zero-order chi connectivity index (χ0) is 75.9. The number of nitrogens with two attached hydrogens (primary N) is 1. The third-order valence-corrected chi connectivity index (χ3v) is 20.2. The number of phenols is 1. The molecule has 0 saturated heterocycles. The number of aromatic hydroxyl groups is 1. The summed E-state index contributed by atoms with van der Waals surface area (Å²) in [5.41, 5.74) is 23.5. The summed E-state index contributed by atoms with van der Waals surface area (Å²) in [6.45, 7) is 9.11. The van der Waals surface area contributed by atoms with Crippen molar-refractivity contribution in [2.75, 3.05) is 53.4 Å². The number of carbonyl (C=O) groups is 4. The molecular formula is C83H105ClIN2NaO16P2. The Labute approximate surface area is 668 Å². The molecule has 6 aliphatic carbocycles. The predicted molar refractivity (Wildman–Crippen MR) is 431 cm³/mol. The molecule has 0 atom stereocenters. The Morgan fingerprint density at radius 3 is 1.56 bits per heavy atom. The van der Waals surface area contributed by atoms with Crippen LogP contribution in [0.3, 0.4) is 0 Å². The molecule has 18 nitrogen and oxygen atoms in total. The molecule has 6 N–H and O–H groups in total. The summed E-state index contributed by atoms with van der Waals surface area (Å²) in [5.74, 6) is 2.73. The SMILES string of the molecule is CCOP(=O)(Cl)OCC.CCOP(=O)(OCC)Oc1cccc2c1CCC=C2.CNI.COc1ccc2c(c1)C(=O)CCC2.COc1cccc2c1CCCC2=O.Cc1ccc2c(c1)C(=O)CCC2.Cc1cccc2c1CCC=C2.Nc1ccc(CCCC(=O)O)cc1.Oc1cccc2c1CCC=C2.[Na+].[OH-]. The molecule has 0 aromatic heterocycles. The fraction of sp³-hybridized carbons (Fsp3) is 0.373. The molecule has 7 aromatic carbocycles. The van der Waals surface area contributed by atoms with Gasteiger partial charge in [-0.1, -0.05) is 127 Å². The first kappa shape index (κ1) is 93.7. The standard InChI is InChI=1S/C14H19O4P.2C11H12O2.C11H12O.C11H12.C10H13NO2.C10H10O.C4H10ClO3P.CH4IN.Na.H2O/c1-3-16-19(15,17-4-2)18-14-11-7-9-12-8-5-6-10-13(12)14;1-13-11-7-3-4-8-9(11)5-2-6-10(8)12;1-13-9-6-5-8-3-2-4-11(12)10(8)7-9;1-8-5-6-9-3-2-4-11(12)10(9)7-8;1-9-5-4-7-10-6-2-3-8-11(9)10;11-9-6-4-8(5-7-9)2-1-3-10(12)13;11-10-7-3-5-8-4-1-2-6-9(8)10;1-3-7-9(5,6)8-4-2;1-3-2;;/h5,7-9,11H,3-4,6,10H2,1-2H3;3-4,7H,2,5-6H2,1H3;5-7H,2-4H2,1H3;5-7H,2-4H2,1H3;2,4-7H,3,8H2,1H3;4-7H,1-3,11H2,(H,12,13);1,3-5,7,11H,2,6H2;3-4H2,1-2H3;3H,1H3;;1H2/q;;;;;;;;;+1;/p-1. The van der Waals surface area contributed by atoms with Gasteiger partial charge in [-0.25, -0.2) is 9.13 Å². The van der Waals surface area contributed by atoms with Gasteiger partial charge < -0.3 is 35.4 Å². The van der Waals surface area contributed by atoms with Crippen molar-refractivity contribution in [2.24, 2.45) is 0 Å². The van der Waals surface area contributed by atoms with Gasteiger partial charge in [0.05, 0.1) is 40.6 Å². The van der Waals surface area contributed by atoms with Gasteiger partial charge in [-0.15, -0.1) is 0 Å². The van der Waals surface area contributed by atoms with Gasteiger partial charge in [0.25, 0.3) is 0 Å². The molecule has 106 heavy (non-hydrogen) atoms. The van der Waals surface area contributed by atoms with Crippen LogP contribution in [-0.2, 0) is 77.0 Å². The second kappa shape index (κ2) is 51.0. The van der Waals surface area contributed by atoms with E-state index in [2.05, 4.69) is 86.3 Å². The third-order valence-electron chi connectivity index (χ3n) is 16.9. The van der Waals surface area contributed by atoms with Crippen LogP contribution in [0.1, 0.15) is 196 Å². The number of ether oxygens (including phenoxy) is 2. The number of rotatable bonds is 16. The monoisotopic (exact) mass is 1630 g/mol.